The Hall–Kier alpha value is -2.39. The molecule has 0 saturated heterocycles. The molecule has 9 heteroatoms. The van der Waals surface area contributed by atoms with E-state index < -0.39 is 22.6 Å². The summed E-state index contributed by atoms with van der Waals surface area (Å²) in [5.74, 6) is -0.820. The molecule has 1 aromatic heterocycles. The predicted molar refractivity (Wildman–Crippen MR) is 72.2 cm³/mol. The van der Waals surface area contributed by atoms with Gasteiger partial charge in [0.25, 0.3) is 0 Å². The molecule has 112 valence electrons. The Kier molecular flexibility index (Phi) is 4.55. The first-order valence-electron chi connectivity index (χ1n) is 5.89. The van der Waals surface area contributed by atoms with Gasteiger partial charge in [-0.05, 0) is 24.3 Å². The van der Waals surface area contributed by atoms with Crippen molar-refractivity contribution in [3.8, 4) is 5.75 Å². The van der Waals surface area contributed by atoms with Crippen LogP contribution < -0.4 is 9.46 Å². The molecule has 1 heterocycles. The Morgan fingerprint density at radius 3 is 2.62 bits per heavy atom. The van der Waals surface area contributed by atoms with Gasteiger partial charge in [-0.3, -0.25) is 5.10 Å². The predicted octanol–water partition coefficient (Wildman–Crippen LogP) is 0.352. The largest absolute Gasteiger partial charge is 0.482 e. The van der Waals surface area contributed by atoms with Crippen LogP contribution in [-0.2, 0) is 21.4 Å². The van der Waals surface area contributed by atoms with E-state index in [-0.39, 0.29) is 17.2 Å². The highest BCUT2D eigenvalue weighted by molar-refractivity contribution is 7.89. The fraction of sp³-hybridized carbons (Fsp3) is 0.167. The average molecular weight is 311 g/mol. The van der Waals surface area contributed by atoms with Gasteiger partial charge < -0.3 is 9.84 Å². The first-order valence-corrected chi connectivity index (χ1v) is 7.38. The minimum Gasteiger partial charge on any atom is -0.482 e. The molecule has 3 N–H and O–H groups in total. The van der Waals surface area contributed by atoms with Crippen LogP contribution in [0.25, 0.3) is 0 Å². The number of aliphatic carboxylic acids is 1. The van der Waals surface area contributed by atoms with E-state index >= 15 is 0 Å². The highest BCUT2D eigenvalue weighted by Gasteiger charge is 2.14. The van der Waals surface area contributed by atoms with Crippen molar-refractivity contribution in [1.82, 2.24) is 14.9 Å². The number of nitrogens with one attached hydrogen (secondary N) is 2. The molecule has 8 nitrogen and oxygen atoms in total. The van der Waals surface area contributed by atoms with Crippen molar-refractivity contribution < 1.29 is 23.1 Å². The standard InChI is InChI=1S/C12H13N3O5S/c16-12(17)8-20-10-1-3-11(4-2-10)21(18,19)15-7-9-5-13-14-6-9/h1-6,15H,7-8H2,(H,13,14)(H,16,17). The molecule has 0 aliphatic carbocycles. The normalized spacial score (nSPS) is 11.2. The lowest BCUT2D eigenvalue weighted by Crippen LogP contribution is -2.23. The van der Waals surface area contributed by atoms with E-state index in [0.29, 0.717) is 5.56 Å². The van der Waals surface area contributed by atoms with Crippen LogP contribution in [0.5, 0.6) is 5.75 Å². The summed E-state index contributed by atoms with van der Waals surface area (Å²) in [6.45, 7) is -0.360. The molecule has 0 bridgehead atoms. The Morgan fingerprint density at radius 1 is 1.33 bits per heavy atom. The zero-order valence-electron chi connectivity index (χ0n) is 10.8. The minimum atomic E-state index is -3.65. The van der Waals surface area contributed by atoms with Gasteiger partial charge in [0.15, 0.2) is 6.61 Å². The Bertz CT molecular complexity index is 695. The maximum atomic E-state index is 12.0. The summed E-state index contributed by atoms with van der Waals surface area (Å²) >= 11 is 0. The number of aromatic amines is 1. The van der Waals surface area contributed by atoms with Gasteiger partial charge in [-0.15, -0.1) is 0 Å². The van der Waals surface area contributed by atoms with E-state index in [1.54, 1.807) is 6.20 Å². The van der Waals surface area contributed by atoms with Crippen molar-refractivity contribution in [2.45, 2.75) is 11.4 Å². The summed E-state index contributed by atoms with van der Waals surface area (Å²) in [4.78, 5) is 10.4. The molecule has 0 atom stereocenters. The number of aromatic nitrogens is 2. The van der Waals surface area contributed by atoms with Crippen LogP contribution in [0.1, 0.15) is 5.56 Å². The Balaban J connectivity index is 2.01. The van der Waals surface area contributed by atoms with Crippen molar-refractivity contribution in [1.29, 1.82) is 0 Å². The van der Waals surface area contributed by atoms with Crippen molar-refractivity contribution >= 4 is 16.0 Å². The molecule has 0 unspecified atom stereocenters. The fourth-order valence-corrected chi connectivity index (χ4v) is 2.51. The number of carboxylic acid groups (broad SMARTS) is 1. The third-order valence-electron chi connectivity index (χ3n) is 2.52. The van der Waals surface area contributed by atoms with Gasteiger partial charge in [0, 0.05) is 18.3 Å². The van der Waals surface area contributed by atoms with E-state index in [2.05, 4.69) is 14.9 Å². The van der Waals surface area contributed by atoms with Crippen LogP contribution in [-0.4, -0.2) is 36.3 Å². The molecule has 21 heavy (non-hydrogen) atoms. The molecule has 0 fully saturated rings. The molecule has 0 aliphatic heterocycles. The van der Waals surface area contributed by atoms with Crippen LogP contribution in [0.15, 0.2) is 41.6 Å². The fourth-order valence-electron chi connectivity index (χ4n) is 1.50. The van der Waals surface area contributed by atoms with Crippen LogP contribution >= 0.6 is 0 Å². The number of carbonyl (C=O) groups is 1. The van der Waals surface area contributed by atoms with E-state index in [4.69, 9.17) is 9.84 Å². The third-order valence-corrected chi connectivity index (χ3v) is 3.93. The smallest absolute Gasteiger partial charge is 0.341 e. The number of sulfonamides is 1. The van der Waals surface area contributed by atoms with Crippen LogP contribution in [0.4, 0.5) is 0 Å². The number of rotatable bonds is 7. The molecule has 0 amide bonds. The minimum absolute atomic E-state index is 0.0636. The highest BCUT2D eigenvalue weighted by Crippen LogP contribution is 2.16. The number of hydrogen-bond acceptors (Lipinski definition) is 5. The average Bonchev–Trinajstić information content (AvgIpc) is 2.97. The third kappa shape index (κ3) is 4.29. The molecule has 0 aliphatic rings. The van der Waals surface area contributed by atoms with Gasteiger partial charge in [-0.2, -0.15) is 5.10 Å². The SMILES string of the molecule is O=C(O)COc1ccc(S(=O)(=O)NCc2cn[nH]c2)cc1. The summed E-state index contributed by atoms with van der Waals surface area (Å²) in [5, 5.41) is 14.8. The van der Waals surface area contributed by atoms with Crippen LogP contribution in [0.2, 0.25) is 0 Å². The van der Waals surface area contributed by atoms with E-state index in [1.807, 2.05) is 0 Å². The lowest BCUT2D eigenvalue weighted by molar-refractivity contribution is -0.139. The zero-order chi connectivity index (χ0) is 15.3. The first kappa shape index (κ1) is 15.0. The lowest BCUT2D eigenvalue weighted by atomic mass is 10.3. The second-order valence-electron chi connectivity index (χ2n) is 4.08. The second-order valence-corrected chi connectivity index (χ2v) is 5.85. The molecular formula is C12H13N3O5S. The molecule has 0 saturated carbocycles. The van der Waals surface area contributed by atoms with Gasteiger partial charge in [0.1, 0.15) is 5.75 Å². The molecule has 0 radical (unpaired) electrons. The van der Waals surface area contributed by atoms with Crippen molar-refractivity contribution in [2.24, 2.45) is 0 Å². The monoisotopic (exact) mass is 311 g/mol. The van der Waals surface area contributed by atoms with E-state index in [0.717, 1.165) is 0 Å². The molecule has 2 aromatic rings. The molecular weight excluding hydrogens is 298 g/mol. The number of nitrogens with zero attached hydrogens (tertiary/aromatic N) is 1. The Morgan fingerprint density at radius 2 is 2.05 bits per heavy atom. The Labute approximate surface area is 120 Å². The summed E-state index contributed by atoms with van der Waals surface area (Å²) in [7, 11) is -3.65. The van der Waals surface area contributed by atoms with Gasteiger partial charge >= 0.3 is 5.97 Å². The number of ether oxygens (including phenoxy) is 1. The summed E-state index contributed by atoms with van der Waals surface area (Å²) in [5.41, 5.74) is 0.708. The molecule has 2 rings (SSSR count). The van der Waals surface area contributed by atoms with Crippen LogP contribution in [0, 0.1) is 0 Å². The summed E-state index contributed by atoms with van der Waals surface area (Å²) in [6, 6.07) is 5.48. The zero-order valence-corrected chi connectivity index (χ0v) is 11.6. The summed E-state index contributed by atoms with van der Waals surface area (Å²) in [6.07, 6.45) is 3.11. The van der Waals surface area contributed by atoms with Crippen molar-refractivity contribution in [3.63, 3.8) is 0 Å². The number of carboxylic acids is 1. The van der Waals surface area contributed by atoms with Gasteiger partial charge in [-0.25, -0.2) is 17.9 Å². The molecule has 0 spiro atoms. The maximum Gasteiger partial charge on any atom is 0.341 e. The van der Waals surface area contributed by atoms with Gasteiger partial charge in [0.2, 0.25) is 10.0 Å². The van der Waals surface area contributed by atoms with E-state index in [1.165, 1.54) is 30.5 Å². The van der Waals surface area contributed by atoms with E-state index in [9.17, 15) is 13.2 Å². The lowest BCUT2D eigenvalue weighted by Gasteiger charge is -2.07. The van der Waals surface area contributed by atoms with Gasteiger partial charge in [-0.1, -0.05) is 0 Å². The first-order chi connectivity index (χ1) is 9.97. The number of benzene rings is 1. The van der Waals surface area contributed by atoms with Crippen LogP contribution in [0.3, 0.4) is 0 Å². The maximum absolute atomic E-state index is 12.0. The van der Waals surface area contributed by atoms with Crippen molar-refractivity contribution in [3.05, 3.63) is 42.2 Å². The topological polar surface area (TPSA) is 121 Å². The molecule has 1 aromatic carbocycles. The number of hydrogen-bond donors (Lipinski definition) is 3. The second kappa shape index (κ2) is 6.37. The summed E-state index contributed by atoms with van der Waals surface area (Å²) < 4.78 is 31.4. The quantitative estimate of drug-likeness (QED) is 0.678. The van der Waals surface area contributed by atoms with Crippen molar-refractivity contribution in [2.75, 3.05) is 6.61 Å². The number of H-pyrrole nitrogens is 1. The highest BCUT2D eigenvalue weighted by atomic mass is 32.2. The van der Waals surface area contributed by atoms with Gasteiger partial charge in [0.05, 0.1) is 11.1 Å².